The Labute approximate surface area is 156 Å². The second kappa shape index (κ2) is 9.88. The van der Waals surface area contributed by atoms with Crippen LogP contribution in [0.15, 0.2) is 29.2 Å². The Morgan fingerprint density at radius 1 is 1.16 bits per heavy atom. The van der Waals surface area contributed by atoms with Gasteiger partial charge in [-0.1, -0.05) is 11.6 Å². The van der Waals surface area contributed by atoms with Crippen LogP contribution in [0.4, 0.5) is 0 Å². The second-order valence-corrected chi connectivity index (χ2v) is 9.17. The van der Waals surface area contributed by atoms with Gasteiger partial charge in [-0.15, -0.1) is 0 Å². The van der Waals surface area contributed by atoms with E-state index in [1.165, 1.54) is 4.31 Å². The van der Waals surface area contributed by atoms with Gasteiger partial charge in [0.05, 0.1) is 11.0 Å². The zero-order chi connectivity index (χ0) is 18.3. The van der Waals surface area contributed by atoms with Crippen LogP contribution in [0.25, 0.3) is 0 Å². The van der Waals surface area contributed by atoms with E-state index in [0.717, 1.165) is 38.5 Å². The lowest BCUT2D eigenvalue weighted by molar-refractivity contribution is 0.0137. The molecule has 0 aromatic heterocycles. The van der Waals surface area contributed by atoms with Crippen molar-refractivity contribution in [1.82, 2.24) is 4.31 Å². The van der Waals surface area contributed by atoms with Crippen LogP contribution in [0.5, 0.6) is 0 Å². The standard InChI is InChI=1S/C18H28ClNO4S/c1-20(25(22,23)18-10-6-16(19)7-11-18)14-15-4-8-17(9-5-15)24-13-3-2-12-21/h6-7,10-11,15,17,21H,2-5,8-9,12-14H2,1H3/t15-,17+. The topological polar surface area (TPSA) is 66.8 Å². The van der Waals surface area contributed by atoms with E-state index in [1.807, 2.05) is 0 Å². The first-order chi connectivity index (χ1) is 11.9. The van der Waals surface area contributed by atoms with Crippen molar-refractivity contribution >= 4 is 21.6 Å². The molecule has 25 heavy (non-hydrogen) atoms. The fourth-order valence-corrected chi connectivity index (χ4v) is 4.57. The first-order valence-electron chi connectivity index (χ1n) is 8.88. The van der Waals surface area contributed by atoms with Gasteiger partial charge in [-0.25, -0.2) is 12.7 Å². The molecule has 2 rings (SSSR count). The molecule has 1 aromatic rings. The Hall–Kier alpha value is -0.660. The van der Waals surface area contributed by atoms with E-state index in [2.05, 4.69) is 0 Å². The number of ether oxygens (including phenoxy) is 1. The summed E-state index contributed by atoms with van der Waals surface area (Å²) in [5.74, 6) is 0.365. The number of aliphatic hydroxyl groups excluding tert-OH is 1. The molecule has 0 heterocycles. The summed E-state index contributed by atoms with van der Waals surface area (Å²) >= 11 is 5.83. The van der Waals surface area contributed by atoms with Crippen molar-refractivity contribution in [3.63, 3.8) is 0 Å². The summed E-state index contributed by atoms with van der Waals surface area (Å²) in [5, 5.41) is 9.29. The number of sulfonamides is 1. The van der Waals surface area contributed by atoms with Gasteiger partial charge in [0.15, 0.2) is 0 Å². The molecule has 0 atom stereocenters. The van der Waals surface area contributed by atoms with Crippen molar-refractivity contribution in [2.45, 2.75) is 49.5 Å². The lowest BCUT2D eigenvalue weighted by Gasteiger charge is -2.31. The molecule has 142 valence electrons. The molecule has 0 radical (unpaired) electrons. The van der Waals surface area contributed by atoms with Gasteiger partial charge >= 0.3 is 0 Å². The van der Waals surface area contributed by atoms with Crippen LogP contribution in [0.1, 0.15) is 38.5 Å². The van der Waals surface area contributed by atoms with E-state index in [4.69, 9.17) is 21.4 Å². The van der Waals surface area contributed by atoms with Crippen LogP contribution in [0, 0.1) is 5.92 Å². The lowest BCUT2D eigenvalue weighted by Crippen LogP contribution is -2.34. The van der Waals surface area contributed by atoms with E-state index >= 15 is 0 Å². The quantitative estimate of drug-likeness (QED) is 0.658. The SMILES string of the molecule is CN(C[C@H]1CC[C@@H](OCCCCO)CC1)S(=O)(=O)c1ccc(Cl)cc1. The normalized spacial score (nSPS) is 21.6. The van der Waals surface area contributed by atoms with Crippen molar-refractivity contribution in [2.75, 3.05) is 26.8 Å². The van der Waals surface area contributed by atoms with Crippen LogP contribution < -0.4 is 0 Å². The van der Waals surface area contributed by atoms with Gasteiger partial charge in [0.1, 0.15) is 0 Å². The molecular formula is C18H28ClNO4S. The summed E-state index contributed by atoms with van der Waals surface area (Å²) in [6, 6.07) is 6.29. The first-order valence-corrected chi connectivity index (χ1v) is 10.7. The lowest BCUT2D eigenvalue weighted by atomic mass is 9.87. The van der Waals surface area contributed by atoms with Gasteiger partial charge in [0.2, 0.25) is 10.0 Å². The zero-order valence-electron chi connectivity index (χ0n) is 14.7. The minimum absolute atomic E-state index is 0.213. The molecule has 0 aliphatic heterocycles. The number of hydrogen-bond donors (Lipinski definition) is 1. The number of unbranched alkanes of at least 4 members (excludes halogenated alkanes) is 1. The third-order valence-electron chi connectivity index (χ3n) is 4.74. The Kier molecular flexibility index (Phi) is 8.16. The van der Waals surface area contributed by atoms with Gasteiger partial charge in [-0.2, -0.15) is 0 Å². The number of nitrogens with zero attached hydrogens (tertiary/aromatic N) is 1. The average Bonchev–Trinajstić information content (AvgIpc) is 2.60. The molecule has 0 spiro atoms. The van der Waals surface area contributed by atoms with Gasteiger partial charge in [-0.05, 0) is 68.7 Å². The summed E-state index contributed by atoms with van der Waals surface area (Å²) in [4.78, 5) is 0.278. The molecule has 0 bridgehead atoms. The first kappa shape index (κ1) is 20.6. The predicted molar refractivity (Wildman–Crippen MR) is 99.3 cm³/mol. The van der Waals surface area contributed by atoms with Gasteiger partial charge < -0.3 is 9.84 Å². The Morgan fingerprint density at radius 3 is 2.40 bits per heavy atom. The second-order valence-electron chi connectivity index (χ2n) is 6.68. The Bertz CT molecular complexity index is 612. The van der Waals surface area contributed by atoms with Crippen LogP contribution in [-0.2, 0) is 14.8 Å². The molecule has 1 aliphatic rings. The minimum Gasteiger partial charge on any atom is -0.396 e. The van der Waals surface area contributed by atoms with E-state index in [-0.39, 0.29) is 17.6 Å². The fraction of sp³-hybridized carbons (Fsp3) is 0.667. The van der Waals surface area contributed by atoms with Crippen molar-refractivity contribution in [1.29, 1.82) is 0 Å². The summed E-state index contributed by atoms with van der Waals surface area (Å²) < 4.78 is 32.5. The maximum absolute atomic E-state index is 12.6. The predicted octanol–water partition coefficient (Wildman–Crippen LogP) is 3.31. The number of hydrogen-bond acceptors (Lipinski definition) is 4. The maximum Gasteiger partial charge on any atom is 0.242 e. The van der Waals surface area contributed by atoms with Crippen molar-refractivity contribution < 1.29 is 18.3 Å². The summed E-state index contributed by atoms with van der Waals surface area (Å²) in [6.07, 6.45) is 5.84. The largest absolute Gasteiger partial charge is 0.396 e. The Morgan fingerprint density at radius 2 is 1.80 bits per heavy atom. The summed E-state index contributed by atoms with van der Waals surface area (Å²) in [5.41, 5.74) is 0. The highest BCUT2D eigenvalue weighted by Crippen LogP contribution is 2.28. The molecule has 0 unspecified atom stereocenters. The van der Waals surface area contributed by atoms with E-state index in [1.54, 1.807) is 31.3 Å². The monoisotopic (exact) mass is 389 g/mol. The maximum atomic E-state index is 12.6. The molecule has 1 saturated carbocycles. The van der Waals surface area contributed by atoms with Crippen molar-refractivity contribution in [2.24, 2.45) is 5.92 Å². The number of aliphatic hydroxyl groups is 1. The number of benzene rings is 1. The molecule has 1 aliphatic carbocycles. The molecule has 5 nitrogen and oxygen atoms in total. The average molecular weight is 390 g/mol. The molecule has 1 N–H and O–H groups in total. The third kappa shape index (κ3) is 6.22. The van der Waals surface area contributed by atoms with Gasteiger partial charge in [0, 0.05) is 31.8 Å². The highest BCUT2D eigenvalue weighted by Gasteiger charge is 2.27. The number of rotatable bonds is 9. The van der Waals surface area contributed by atoms with Crippen LogP contribution in [0.2, 0.25) is 5.02 Å². The molecule has 0 amide bonds. The smallest absolute Gasteiger partial charge is 0.242 e. The zero-order valence-corrected chi connectivity index (χ0v) is 16.3. The van der Waals surface area contributed by atoms with E-state index in [0.29, 0.717) is 24.1 Å². The van der Waals surface area contributed by atoms with Gasteiger partial charge in [0.25, 0.3) is 0 Å². The fourth-order valence-electron chi connectivity index (χ4n) is 3.19. The van der Waals surface area contributed by atoms with Gasteiger partial charge in [-0.3, -0.25) is 0 Å². The highest BCUT2D eigenvalue weighted by atomic mass is 35.5. The Balaban J connectivity index is 1.79. The van der Waals surface area contributed by atoms with Crippen LogP contribution in [-0.4, -0.2) is 50.7 Å². The number of halogens is 1. The molecule has 1 aromatic carbocycles. The summed E-state index contributed by atoms with van der Waals surface area (Å²) in [7, 11) is -1.83. The van der Waals surface area contributed by atoms with Crippen LogP contribution in [0.3, 0.4) is 0 Å². The summed E-state index contributed by atoms with van der Waals surface area (Å²) in [6.45, 7) is 1.44. The third-order valence-corrected chi connectivity index (χ3v) is 6.83. The van der Waals surface area contributed by atoms with Crippen molar-refractivity contribution in [3.8, 4) is 0 Å². The van der Waals surface area contributed by atoms with Crippen molar-refractivity contribution in [3.05, 3.63) is 29.3 Å². The molecule has 7 heteroatoms. The van der Waals surface area contributed by atoms with Crippen LogP contribution >= 0.6 is 11.6 Å². The molecule has 1 fully saturated rings. The van der Waals surface area contributed by atoms with E-state index < -0.39 is 10.0 Å². The molecule has 0 saturated heterocycles. The minimum atomic E-state index is -3.47. The van der Waals surface area contributed by atoms with E-state index in [9.17, 15) is 8.42 Å². The molecular weight excluding hydrogens is 362 g/mol. The highest BCUT2D eigenvalue weighted by molar-refractivity contribution is 7.89.